The maximum absolute atomic E-state index is 11.7. The molecule has 30 heavy (non-hydrogen) atoms. The Kier molecular flexibility index (Phi) is 5.72. The fourth-order valence-corrected chi connectivity index (χ4v) is 3.35. The number of fused-ring (bicyclic) bond motifs is 1. The molecule has 7 heteroatoms. The maximum Gasteiger partial charge on any atom is 0.251 e. The van der Waals surface area contributed by atoms with Crippen molar-refractivity contribution in [1.82, 2.24) is 19.9 Å². The van der Waals surface area contributed by atoms with Gasteiger partial charge in [0.1, 0.15) is 0 Å². The molecule has 2 aromatic carbocycles. The minimum absolute atomic E-state index is 0.120. The second kappa shape index (κ2) is 8.75. The molecular formula is C23H24N6O. The highest BCUT2D eigenvalue weighted by Crippen LogP contribution is 2.23. The first-order chi connectivity index (χ1) is 14.7. The highest BCUT2D eigenvalue weighted by Gasteiger charge is 2.10. The monoisotopic (exact) mass is 400 g/mol. The number of nitrogens with zero attached hydrogens (tertiary/aromatic N) is 3. The number of nitrogens with two attached hydrogens (primary N) is 1. The molecule has 0 spiro atoms. The van der Waals surface area contributed by atoms with Crippen molar-refractivity contribution in [2.45, 2.75) is 12.8 Å². The number of benzene rings is 2. The van der Waals surface area contributed by atoms with Gasteiger partial charge in [-0.25, -0.2) is 4.52 Å². The van der Waals surface area contributed by atoms with Crippen LogP contribution in [0.5, 0.6) is 0 Å². The molecule has 0 radical (unpaired) electrons. The maximum atomic E-state index is 11.7. The number of carbonyl (C=O) groups is 1. The Morgan fingerprint density at radius 3 is 2.63 bits per heavy atom. The second-order valence-corrected chi connectivity index (χ2v) is 6.99. The average Bonchev–Trinajstić information content (AvgIpc) is 3.20. The van der Waals surface area contributed by atoms with E-state index in [1.807, 2.05) is 34.8 Å². The van der Waals surface area contributed by atoms with Crippen LogP contribution in [0.1, 0.15) is 22.3 Å². The van der Waals surface area contributed by atoms with Crippen molar-refractivity contribution in [3.05, 3.63) is 77.9 Å². The summed E-state index contributed by atoms with van der Waals surface area (Å²) in [5.41, 5.74) is 11.1. The van der Waals surface area contributed by atoms with Crippen LogP contribution >= 0.6 is 0 Å². The lowest BCUT2D eigenvalue weighted by Crippen LogP contribution is -2.17. The summed E-state index contributed by atoms with van der Waals surface area (Å²) >= 11 is 0. The topological polar surface area (TPSA) is 97.3 Å². The Morgan fingerprint density at radius 2 is 1.87 bits per heavy atom. The van der Waals surface area contributed by atoms with Crippen LogP contribution in [0.15, 0.2) is 66.7 Å². The number of carbonyl (C=O) groups excluding carboxylic acids is 1. The summed E-state index contributed by atoms with van der Waals surface area (Å²) in [6, 6.07) is 21.6. The summed E-state index contributed by atoms with van der Waals surface area (Å²) in [5, 5.41) is 10.5. The number of aromatic nitrogens is 3. The number of anilines is 2. The van der Waals surface area contributed by atoms with Crippen LogP contribution in [0.3, 0.4) is 0 Å². The first-order valence-corrected chi connectivity index (χ1v) is 9.92. The van der Waals surface area contributed by atoms with Crippen molar-refractivity contribution in [3.8, 4) is 11.3 Å². The van der Waals surface area contributed by atoms with Gasteiger partial charge in [0.15, 0.2) is 5.65 Å². The van der Waals surface area contributed by atoms with Crippen molar-refractivity contribution in [2.24, 2.45) is 5.73 Å². The van der Waals surface area contributed by atoms with Crippen molar-refractivity contribution >= 4 is 23.2 Å². The molecule has 0 fully saturated rings. The summed E-state index contributed by atoms with van der Waals surface area (Å²) in [4.78, 5) is 16.3. The Bertz CT molecular complexity index is 1170. The van der Waals surface area contributed by atoms with Gasteiger partial charge in [0, 0.05) is 23.9 Å². The Balaban J connectivity index is 1.62. The highest BCUT2D eigenvalue weighted by atomic mass is 16.1. The van der Waals surface area contributed by atoms with Crippen LogP contribution in [0.4, 0.5) is 11.6 Å². The normalized spacial score (nSPS) is 10.9. The number of rotatable bonds is 7. The van der Waals surface area contributed by atoms with Gasteiger partial charge in [-0.3, -0.25) is 4.79 Å². The van der Waals surface area contributed by atoms with Gasteiger partial charge in [-0.15, -0.1) is 5.10 Å². The summed E-state index contributed by atoms with van der Waals surface area (Å²) in [6.45, 7) is 0.683. The van der Waals surface area contributed by atoms with Gasteiger partial charge in [0.05, 0.1) is 5.69 Å². The molecule has 1 amide bonds. The van der Waals surface area contributed by atoms with Gasteiger partial charge in [0.25, 0.3) is 5.91 Å². The van der Waals surface area contributed by atoms with E-state index in [1.165, 1.54) is 5.56 Å². The quantitative estimate of drug-likeness (QED) is 0.442. The second-order valence-electron chi connectivity index (χ2n) is 6.99. The van der Waals surface area contributed by atoms with Crippen molar-refractivity contribution in [1.29, 1.82) is 0 Å². The molecule has 0 aliphatic heterocycles. The zero-order chi connectivity index (χ0) is 20.9. The molecule has 2 heterocycles. The molecule has 7 nitrogen and oxygen atoms in total. The summed E-state index contributed by atoms with van der Waals surface area (Å²) < 4.78 is 1.84. The van der Waals surface area contributed by atoms with E-state index in [0.717, 1.165) is 35.4 Å². The lowest BCUT2D eigenvalue weighted by molar-refractivity contribution is 0.0963. The Labute approximate surface area is 174 Å². The molecular weight excluding hydrogens is 376 g/mol. The van der Waals surface area contributed by atoms with Crippen LogP contribution in [-0.4, -0.2) is 34.1 Å². The molecule has 0 saturated heterocycles. The number of hydrogen-bond donors (Lipinski definition) is 3. The molecule has 0 atom stereocenters. The van der Waals surface area contributed by atoms with Crippen LogP contribution in [0, 0.1) is 0 Å². The first-order valence-electron chi connectivity index (χ1n) is 9.92. The SMILES string of the molecule is CNC(=O)c1ccc(Nc2nc3cccc(-c4cccc(CCCN)c4)n3n2)cc1. The standard InChI is InChI=1S/C23H24N6O/c1-25-22(30)17-10-12-19(13-11-17)26-23-27-21-9-3-8-20(29(21)28-23)18-7-2-5-16(15-18)6-4-14-24/h2-3,5,7-13,15H,4,6,14,24H2,1H3,(H,25,30)(H,26,28). The molecule has 0 bridgehead atoms. The van der Waals surface area contributed by atoms with Gasteiger partial charge in [0.2, 0.25) is 5.95 Å². The molecule has 0 aliphatic rings. The van der Waals surface area contributed by atoms with Crippen molar-refractivity contribution < 1.29 is 4.79 Å². The lowest BCUT2D eigenvalue weighted by atomic mass is 10.0. The molecule has 0 aliphatic carbocycles. The third-order valence-corrected chi connectivity index (χ3v) is 4.88. The molecule has 4 rings (SSSR count). The van der Waals surface area contributed by atoms with E-state index in [-0.39, 0.29) is 5.91 Å². The lowest BCUT2D eigenvalue weighted by Gasteiger charge is -2.07. The van der Waals surface area contributed by atoms with Crippen molar-refractivity contribution in [3.63, 3.8) is 0 Å². The summed E-state index contributed by atoms with van der Waals surface area (Å²) in [7, 11) is 1.61. The fraction of sp³-hybridized carbons (Fsp3) is 0.174. The highest BCUT2D eigenvalue weighted by molar-refractivity contribution is 5.94. The number of pyridine rings is 1. The molecule has 4 aromatic rings. The fourth-order valence-electron chi connectivity index (χ4n) is 3.35. The molecule has 0 unspecified atom stereocenters. The van der Waals surface area contributed by atoms with Crippen LogP contribution in [-0.2, 0) is 6.42 Å². The van der Waals surface area contributed by atoms with Crippen LogP contribution < -0.4 is 16.4 Å². The third kappa shape index (κ3) is 4.16. The van der Waals surface area contributed by atoms with Gasteiger partial charge in [-0.1, -0.05) is 24.3 Å². The minimum atomic E-state index is -0.120. The molecule has 4 N–H and O–H groups in total. The van der Waals surface area contributed by atoms with E-state index < -0.39 is 0 Å². The number of aryl methyl sites for hydroxylation is 1. The van der Waals surface area contributed by atoms with Gasteiger partial charge in [-0.2, -0.15) is 4.98 Å². The zero-order valence-electron chi connectivity index (χ0n) is 16.8. The van der Waals surface area contributed by atoms with E-state index in [2.05, 4.69) is 45.0 Å². The smallest absolute Gasteiger partial charge is 0.251 e. The van der Waals surface area contributed by atoms with E-state index in [0.29, 0.717) is 18.1 Å². The largest absolute Gasteiger partial charge is 0.355 e. The van der Waals surface area contributed by atoms with E-state index in [1.54, 1.807) is 19.2 Å². The van der Waals surface area contributed by atoms with E-state index >= 15 is 0 Å². The number of nitrogens with one attached hydrogen (secondary N) is 2. The van der Waals surface area contributed by atoms with E-state index in [4.69, 9.17) is 5.73 Å². The van der Waals surface area contributed by atoms with Crippen LogP contribution in [0.2, 0.25) is 0 Å². The van der Waals surface area contributed by atoms with Gasteiger partial charge < -0.3 is 16.4 Å². The third-order valence-electron chi connectivity index (χ3n) is 4.88. The van der Waals surface area contributed by atoms with Gasteiger partial charge in [-0.05, 0) is 67.4 Å². The predicted molar refractivity (Wildman–Crippen MR) is 119 cm³/mol. The molecule has 152 valence electrons. The average molecular weight is 400 g/mol. The summed E-state index contributed by atoms with van der Waals surface area (Å²) in [5.74, 6) is 0.375. The first kappa shape index (κ1) is 19.6. The Hall–Kier alpha value is -3.71. The van der Waals surface area contributed by atoms with Crippen molar-refractivity contribution in [2.75, 3.05) is 18.9 Å². The molecule has 2 aromatic heterocycles. The van der Waals surface area contributed by atoms with E-state index in [9.17, 15) is 4.79 Å². The van der Waals surface area contributed by atoms with Crippen LogP contribution in [0.25, 0.3) is 16.9 Å². The predicted octanol–water partition coefficient (Wildman–Crippen LogP) is 3.39. The van der Waals surface area contributed by atoms with Gasteiger partial charge >= 0.3 is 0 Å². The number of amides is 1. The molecule has 0 saturated carbocycles. The number of hydrogen-bond acceptors (Lipinski definition) is 5. The minimum Gasteiger partial charge on any atom is -0.355 e. The summed E-state index contributed by atoms with van der Waals surface area (Å²) in [6.07, 6.45) is 1.92. The Morgan fingerprint density at radius 1 is 1.07 bits per heavy atom. The zero-order valence-corrected chi connectivity index (χ0v) is 16.8.